The molecule has 0 aliphatic carbocycles. The summed E-state index contributed by atoms with van der Waals surface area (Å²) in [5.41, 5.74) is 1.25. The van der Waals surface area contributed by atoms with Crippen molar-refractivity contribution in [1.82, 2.24) is 9.80 Å². The van der Waals surface area contributed by atoms with Crippen molar-refractivity contribution in [1.29, 1.82) is 0 Å². The van der Waals surface area contributed by atoms with E-state index in [0.29, 0.717) is 43.0 Å². The summed E-state index contributed by atoms with van der Waals surface area (Å²) in [4.78, 5) is 28.5. The van der Waals surface area contributed by atoms with Crippen molar-refractivity contribution >= 4 is 27.5 Å². The minimum atomic E-state index is -3.37. The number of benzene rings is 2. The van der Waals surface area contributed by atoms with Gasteiger partial charge in [0.15, 0.2) is 0 Å². The zero-order valence-electron chi connectivity index (χ0n) is 15.3. The van der Waals surface area contributed by atoms with Gasteiger partial charge in [-0.15, -0.1) is 0 Å². The van der Waals surface area contributed by atoms with E-state index in [1.165, 1.54) is 24.3 Å². The molecule has 0 radical (unpaired) electrons. The van der Waals surface area contributed by atoms with Gasteiger partial charge in [0, 0.05) is 43.0 Å². The van der Waals surface area contributed by atoms with E-state index in [1.54, 1.807) is 34.1 Å². The lowest BCUT2D eigenvalue weighted by molar-refractivity contribution is 0.0535. The van der Waals surface area contributed by atoms with E-state index in [2.05, 4.69) is 4.72 Å². The first kappa shape index (κ1) is 19.7. The number of carbonyl (C=O) groups excluding carboxylic acids is 2. The van der Waals surface area contributed by atoms with Gasteiger partial charge in [0.2, 0.25) is 10.0 Å². The molecule has 0 saturated carbocycles. The molecule has 0 aromatic heterocycles. The molecule has 1 saturated heterocycles. The van der Waals surface area contributed by atoms with Crippen LogP contribution in [-0.4, -0.2) is 67.6 Å². The number of hydrogen-bond donors (Lipinski definition) is 2. The Kier molecular flexibility index (Phi) is 5.55. The monoisotopic (exact) mass is 403 g/mol. The van der Waals surface area contributed by atoms with E-state index >= 15 is 0 Å². The second kappa shape index (κ2) is 7.89. The Hall–Kier alpha value is -3.07. The van der Waals surface area contributed by atoms with Crippen molar-refractivity contribution < 1.29 is 23.1 Å². The number of nitrogens with one attached hydrogen (secondary N) is 1. The van der Waals surface area contributed by atoms with Gasteiger partial charge in [-0.05, 0) is 42.5 Å². The number of carbonyl (C=O) groups is 2. The number of phenolic OH excluding ortho intramolecular Hbond substituents is 1. The maximum atomic E-state index is 12.6. The van der Waals surface area contributed by atoms with Gasteiger partial charge in [-0.1, -0.05) is 6.07 Å². The second-order valence-corrected chi connectivity index (χ2v) is 8.33. The fraction of sp³-hybridized carbons (Fsp3) is 0.263. The summed E-state index contributed by atoms with van der Waals surface area (Å²) < 4.78 is 24.8. The summed E-state index contributed by atoms with van der Waals surface area (Å²) in [6, 6.07) is 12.4. The van der Waals surface area contributed by atoms with Crippen molar-refractivity contribution in [2.24, 2.45) is 0 Å². The predicted molar refractivity (Wildman–Crippen MR) is 105 cm³/mol. The minimum absolute atomic E-state index is 0.0356. The number of amides is 2. The standard InChI is InChI=1S/C19H21N3O5S/c1-28(26,27)20-16-7-5-14(6-8-16)18(24)21-9-11-22(12-10-21)19(25)15-3-2-4-17(23)13-15/h2-8,13,20,23H,9-12H2,1H3. The largest absolute Gasteiger partial charge is 0.508 e. The molecular formula is C19H21N3O5S. The van der Waals surface area contributed by atoms with Crippen LogP contribution in [0.2, 0.25) is 0 Å². The lowest BCUT2D eigenvalue weighted by atomic mass is 10.1. The first-order chi connectivity index (χ1) is 13.2. The topological polar surface area (TPSA) is 107 Å². The Bertz CT molecular complexity index is 981. The van der Waals surface area contributed by atoms with Gasteiger partial charge in [-0.3, -0.25) is 14.3 Å². The van der Waals surface area contributed by atoms with Crippen LogP contribution in [0.5, 0.6) is 5.75 Å². The van der Waals surface area contributed by atoms with Crippen molar-refractivity contribution in [2.45, 2.75) is 0 Å². The Balaban J connectivity index is 1.60. The number of phenols is 1. The average Bonchev–Trinajstić information content (AvgIpc) is 2.66. The van der Waals surface area contributed by atoms with Gasteiger partial charge in [-0.25, -0.2) is 8.42 Å². The molecule has 3 rings (SSSR count). The van der Waals surface area contributed by atoms with E-state index in [4.69, 9.17) is 0 Å². The average molecular weight is 403 g/mol. The van der Waals surface area contributed by atoms with E-state index in [0.717, 1.165) is 6.26 Å². The summed E-state index contributed by atoms with van der Waals surface area (Å²) in [6.07, 6.45) is 1.06. The Morgan fingerprint density at radius 1 is 0.893 bits per heavy atom. The van der Waals surface area contributed by atoms with Gasteiger partial charge in [0.1, 0.15) is 5.75 Å². The molecule has 2 aromatic rings. The van der Waals surface area contributed by atoms with Crippen molar-refractivity contribution in [2.75, 3.05) is 37.2 Å². The summed E-state index contributed by atoms with van der Waals surface area (Å²) in [5.74, 6) is -0.317. The third kappa shape index (κ3) is 4.80. The number of sulfonamides is 1. The maximum Gasteiger partial charge on any atom is 0.254 e. The van der Waals surface area contributed by atoms with Gasteiger partial charge in [0.25, 0.3) is 11.8 Å². The molecule has 0 unspecified atom stereocenters. The zero-order chi connectivity index (χ0) is 20.3. The smallest absolute Gasteiger partial charge is 0.254 e. The van der Waals surface area contributed by atoms with Crippen LogP contribution in [0.1, 0.15) is 20.7 Å². The summed E-state index contributed by atoms with van der Waals surface area (Å²) in [7, 11) is -3.37. The molecule has 0 spiro atoms. The molecule has 0 bridgehead atoms. The van der Waals surface area contributed by atoms with Crippen LogP contribution < -0.4 is 4.72 Å². The molecule has 1 aliphatic rings. The van der Waals surface area contributed by atoms with Crippen molar-refractivity contribution in [3.8, 4) is 5.75 Å². The third-order valence-corrected chi connectivity index (χ3v) is 4.99. The Morgan fingerprint density at radius 2 is 1.43 bits per heavy atom. The van der Waals surface area contributed by atoms with E-state index < -0.39 is 10.0 Å². The van der Waals surface area contributed by atoms with Gasteiger partial charge < -0.3 is 14.9 Å². The van der Waals surface area contributed by atoms with Crippen molar-refractivity contribution in [3.05, 3.63) is 59.7 Å². The molecule has 1 aliphatic heterocycles. The Morgan fingerprint density at radius 3 is 1.93 bits per heavy atom. The summed E-state index contributed by atoms with van der Waals surface area (Å²) in [6.45, 7) is 1.58. The fourth-order valence-corrected chi connectivity index (χ4v) is 3.58. The van der Waals surface area contributed by atoms with Gasteiger partial charge in [0.05, 0.1) is 6.26 Å². The fourth-order valence-electron chi connectivity index (χ4n) is 3.01. The number of rotatable bonds is 4. The second-order valence-electron chi connectivity index (χ2n) is 6.59. The molecule has 148 valence electrons. The number of anilines is 1. The number of hydrogen-bond acceptors (Lipinski definition) is 5. The minimum Gasteiger partial charge on any atom is -0.508 e. The molecule has 2 N–H and O–H groups in total. The van der Waals surface area contributed by atoms with Gasteiger partial charge in [-0.2, -0.15) is 0 Å². The highest BCUT2D eigenvalue weighted by molar-refractivity contribution is 7.92. The number of aromatic hydroxyl groups is 1. The van der Waals surface area contributed by atoms with Crippen molar-refractivity contribution in [3.63, 3.8) is 0 Å². The molecule has 28 heavy (non-hydrogen) atoms. The van der Waals surface area contributed by atoms with Crippen LogP contribution in [0.4, 0.5) is 5.69 Å². The van der Waals surface area contributed by atoms with Crippen LogP contribution in [0.15, 0.2) is 48.5 Å². The van der Waals surface area contributed by atoms with Crippen LogP contribution in [0, 0.1) is 0 Å². The molecule has 1 heterocycles. The third-order valence-electron chi connectivity index (χ3n) is 4.38. The van der Waals surface area contributed by atoms with Crippen LogP contribution >= 0.6 is 0 Å². The molecular weight excluding hydrogens is 382 g/mol. The quantitative estimate of drug-likeness (QED) is 0.802. The Labute approximate surface area is 163 Å². The van der Waals surface area contributed by atoms with Gasteiger partial charge >= 0.3 is 0 Å². The highest BCUT2D eigenvalue weighted by atomic mass is 32.2. The lowest BCUT2D eigenvalue weighted by Gasteiger charge is -2.35. The normalized spacial score (nSPS) is 14.6. The summed E-state index contributed by atoms with van der Waals surface area (Å²) >= 11 is 0. The molecule has 2 aromatic carbocycles. The first-order valence-corrected chi connectivity index (χ1v) is 10.6. The molecule has 1 fully saturated rings. The SMILES string of the molecule is CS(=O)(=O)Nc1ccc(C(=O)N2CCN(C(=O)c3cccc(O)c3)CC2)cc1. The highest BCUT2D eigenvalue weighted by Gasteiger charge is 2.25. The number of piperazine rings is 1. The zero-order valence-corrected chi connectivity index (χ0v) is 16.1. The molecule has 9 heteroatoms. The van der Waals surface area contributed by atoms with Crippen LogP contribution in [0.25, 0.3) is 0 Å². The van der Waals surface area contributed by atoms with E-state index in [-0.39, 0.29) is 17.6 Å². The van der Waals surface area contributed by atoms with Crippen LogP contribution in [0.3, 0.4) is 0 Å². The summed E-state index contributed by atoms with van der Waals surface area (Å²) in [5, 5.41) is 9.52. The number of nitrogens with zero attached hydrogens (tertiary/aromatic N) is 2. The molecule has 8 nitrogen and oxygen atoms in total. The molecule has 0 atom stereocenters. The van der Waals surface area contributed by atoms with E-state index in [1.807, 2.05) is 0 Å². The lowest BCUT2D eigenvalue weighted by Crippen LogP contribution is -2.50. The van der Waals surface area contributed by atoms with Crippen LogP contribution in [-0.2, 0) is 10.0 Å². The first-order valence-electron chi connectivity index (χ1n) is 8.68. The van der Waals surface area contributed by atoms with E-state index in [9.17, 15) is 23.1 Å². The highest BCUT2D eigenvalue weighted by Crippen LogP contribution is 2.17. The molecule has 2 amide bonds. The maximum absolute atomic E-state index is 12.6. The predicted octanol–water partition coefficient (Wildman–Crippen LogP) is 1.36.